The molecule has 0 unspecified atom stereocenters. The second-order valence-electron chi connectivity index (χ2n) is 3.01. The summed E-state index contributed by atoms with van der Waals surface area (Å²) in [4.78, 5) is 0. The molecule has 0 saturated carbocycles. The molecule has 1 nitrogen and oxygen atoms in total. The van der Waals surface area contributed by atoms with Gasteiger partial charge < -0.3 is 4.74 Å². The lowest BCUT2D eigenvalue weighted by Gasteiger charge is -1.91. The van der Waals surface area contributed by atoms with Crippen LogP contribution in [0.5, 0.6) is 0 Å². The average Bonchev–Trinajstić information content (AvgIpc) is 2.00. The van der Waals surface area contributed by atoms with Crippen molar-refractivity contribution >= 4 is 0 Å². The lowest BCUT2D eigenvalue weighted by Crippen LogP contribution is -1.82. The Morgan fingerprint density at radius 2 is 1.92 bits per heavy atom. The maximum absolute atomic E-state index is 4.91. The van der Waals surface area contributed by atoms with Crippen LogP contribution in [-0.4, -0.2) is 13.7 Å². The highest BCUT2D eigenvalue weighted by Gasteiger charge is 1.79. The third kappa shape index (κ3) is 7.29. The molecule has 0 bridgehead atoms. The number of rotatable bonds is 4. The first-order chi connectivity index (χ1) is 5.66. The van der Waals surface area contributed by atoms with Crippen LogP contribution < -0.4 is 0 Å². The topological polar surface area (TPSA) is 9.23 Å². The molecule has 0 amide bonds. The molecule has 0 atom stereocenters. The first-order valence-electron chi connectivity index (χ1n) is 4.14. The molecule has 12 heavy (non-hydrogen) atoms. The largest absolute Gasteiger partial charge is 0.381 e. The molecule has 0 aromatic heterocycles. The molecule has 0 N–H and O–H groups in total. The number of hydrogen-bond acceptors (Lipinski definition) is 1. The van der Waals surface area contributed by atoms with E-state index in [1.54, 1.807) is 7.11 Å². The van der Waals surface area contributed by atoms with Crippen molar-refractivity contribution in [2.24, 2.45) is 0 Å². The van der Waals surface area contributed by atoms with Crippen LogP contribution in [0.25, 0.3) is 0 Å². The van der Waals surface area contributed by atoms with Gasteiger partial charge in [-0.3, -0.25) is 0 Å². The molecular formula is C11H18O. The van der Waals surface area contributed by atoms with Crippen LogP contribution >= 0.6 is 0 Å². The van der Waals surface area contributed by atoms with Crippen molar-refractivity contribution < 1.29 is 4.74 Å². The van der Waals surface area contributed by atoms with Crippen molar-refractivity contribution in [3.8, 4) is 0 Å². The Morgan fingerprint density at radius 1 is 1.25 bits per heavy atom. The summed E-state index contributed by atoms with van der Waals surface area (Å²) >= 11 is 0. The molecule has 0 heterocycles. The molecule has 68 valence electrons. The summed E-state index contributed by atoms with van der Waals surface area (Å²) in [6, 6.07) is 0. The molecule has 0 saturated heterocycles. The van der Waals surface area contributed by atoms with Gasteiger partial charge in [-0.05, 0) is 20.8 Å². The van der Waals surface area contributed by atoms with Crippen LogP contribution in [0.3, 0.4) is 0 Å². The van der Waals surface area contributed by atoms with Crippen molar-refractivity contribution in [2.45, 2.75) is 20.8 Å². The normalized spacial score (nSPS) is 12.2. The minimum atomic E-state index is 0.686. The lowest BCUT2D eigenvalue weighted by molar-refractivity contribution is 0.233. The average molecular weight is 166 g/mol. The van der Waals surface area contributed by atoms with E-state index in [2.05, 4.69) is 45.1 Å². The second kappa shape index (κ2) is 6.86. The van der Waals surface area contributed by atoms with E-state index < -0.39 is 0 Å². The fraction of sp³-hybridized carbons (Fsp3) is 0.455. The number of methoxy groups -OCH3 is 1. The maximum atomic E-state index is 4.91. The predicted molar refractivity (Wildman–Crippen MR) is 54.2 cm³/mol. The van der Waals surface area contributed by atoms with Crippen LogP contribution in [0.15, 0.2) is 35.5 Å². The van der Waals surface area contributed by atoms with Crippen molar-refractivity contribution in [3.05, 3.63) is 35.5 Å². The molecule has 0 spiro atoms. The van der Waals surface area contributed by atoms with E-state index in [4.69, 9.17) is 4.74 Å². The number of allylic oxidation sites excluding steroid dienone is 5. The fourth-order valence-electron chi connectivity index (χ4n) is 0.675. The summed E-state index contributed by atoms with van der Waals surface area (Å²) in [5.74, 6) is 0. The van der Waals surface area contributed by atoms with Crippen LogP contribution in [0.4, 0.5) is 0 Å². The summed E-state index contributed by atoms with van der Waals surface area (Å²) in [6.45, 7) is 6.91. The van der Waals surface area contributed by atoms with Gasteiger partial charge in [0.1, 0.15) is 0 Å². The van der Waals surface area contributed by atoms with Gasteiger partial charge in [-0.2, -0.15) is 0 Å². The molecule has 0 aromatic carbocycles. The number of ether oxygens (including phenoxy) is 1. The molecule has 0 aromatic rings. The maximum Gasteiger partial charge on any atom is 0.0649 e. The third-order valence-corrected chi connectivity index (χ3v) is 1.36. The van der Waals surface area contributed by atoms with Gasteiger partial charge in [0, 0.05) is 7.11 Å². The van der Waals surface area contributed by atoms with E-state index in [-0.39, 0.29) is 0 Å². The van der Waals surface area contributed by atoms with Crippen LogP contribution in [0.1, 0.15) is 20.8 Å². The molecule has 0 aliphatic rings. The Bertz CT molecular complexity index is 193. The number of hydrogen-bond donors (Lipinski definition) is 0. The van der Waals surface area contributed by atoms with E-state index >= 15 is 0 Å². The third-order valence-electron chi connectivity index (χ3n) is 1.36. The van der Waals surface area contributed by atoms with Crippen LogP contribution in [-0.2, 0) is 4.74 Å². The summed E-state index contributed by atoms with van der Waals surface area (Å²) in [7, 11) is 1.70. The van der Waals surface area contributed by atoms with Gasteiger partial charge in [0.25, 0.3) is 0 Å². The molecule has 0 rings (SSSR count). The van der Waals surface area contributed by atoms with Crippen molar-refractivity contribution in [2.75, 3.05) is 13.7 Å². The SMILES string of the molecule is COC/C=C(C)/C=C/C=C(C)C. The van der Waals surface area contributed by atoms with Crippen molar-refractivity contribution in [1.29, 1.82) is 0 Å². The smallest absolute Gasteiger partial charge is 0.0649 e. The quantitative estimate of drug-likeness (QED) is 0.583. The van der Waals surface area contributed by atoms with E-state index in [0.717, 1.165) is 0 Å². The van der Waals surface area contributed by atoms with Gasteiger partial charge >= 0.3 is 0 Å². The highest BCUT2D eigenvalue weighted by molar-refractivity contribution is 5.21. The van der Waals surface area contributed by atoms with Crippen LogP contribution in [0, 0.1) is 0 Å². The Labute approximate surface area is 75.4 Å². The van der Waals surface area contributed by atoms with E-state index in [0.29, 0.717) is 6.61 Å². The zero-order valence-corrected chi connectivity index (χ0v) is 8.42. The Morgan fingerprint density at radius 3 is 2.42 bits per heavy atom. The van der Waals surface area contributed by atoms with E-state index in [9.17, 15) is 0 Å². The van der Waals surface area contributed by atoms with Gasteiger partial charge in [0.2, 0.25) is 0 Å². The fourth-order valence-corrected chi connectivity index (χ4v) is 0.675. The Kier molecular flexibility index (Phi) is 6.39. The first kappa shape index (κ1) is 11.2. The molecule has 0 aliphatic heterocycles. The van der Waals surface area contributed by atoms with Crippen LogP contribution in [0.2, 0.25) is 0 Å². The lowest BCUT2D eigenvalue weighted by atomic mass is 10.2. The summed E-state index contributed by atoms with van der Waals surface area (Å²) in [5, 5.41) is 0. The highest BCUT2D eigenvalue weighted by atomic mass is 16.5. The van der Waals surface area contributed by atoms with E-state index in [1.807, 2.05) is 0 Å². The van der Waals surface area contributed by atoms with Gasteiger partial charge in [-0.25, -0.2) is 0 Å². The molecule has 0 radical (unpaired) electrons. The zero-order chi connectivity index (χ0) is 9.40. The van der Waals surface area contributed by atoms with Crippen molar-refractivity contribution in [1.82, 2.24) is 0 Å². The van der Waals surface area contributed by atoms with Gasteiger partial charge in [0.15, 0.2) is 0 Å². The van der Waals surface area contributed by atoms with Gasteiger partial charge in [-0.1, -0.05) is 35.5 Å². The minimum Gasteiger partial charge on any atom is -0.381 e. The zero-order valence-electron chi connectivity index (χ0n) is 8.42. The predicted octanol–water partition coefficient (Wildman–Crippen LogP) is 3.10. The summed E-state index contributed by atoms with van der Waals surface area (Å²) < 4.78 is 4.91. The van der Waals surface area contributed by atoms with E-state index in [1.165, 1.54) is 11.1 Å². The molecule has 0 fully saturated rings. The van der Waals surface area contributed by atoms with Gasteiger partial charge in [-0.15, -0.1) is 0 Å². The van der Waals surface area contributed by atoms with Gasteiger partial charge in [0.05, 0.1) is 6.61 Å². The monoisotopic (exact) mass is 166 g/mol. The van der Waals surface area contributed by atoms with Crippen molar-refractivity contribution in [3.63, 3.8) is 0 Å². The minimum absolute atomic E-state index is 0.686. The molecular weight excluding hydrogens is 148 g/mol. The second-order valence-corrected chi connectivity index (χ2v) is 3.01. The Balaban J connectivity index is 3.90. The molecule has 0 aliphatic carbocycles. The summed E-state index contributed by atoms with van der Waals surface area (Å²) in [5.41, 5.74) is 2.54. The Hall–Kier alpha value is -0.820. The standard InChI is InChI=1S/C11H18O/c1-10(2)6-5-7-11(3)8-9-12-4/h5-8H,9H2,1-4H3/b7-5+,11-8+. The first-order valence-corrected chi connectivity index (χ1v) is 4.14. The highest BCUT2D eigenvalue weighted by Crippen LogP contribution is 1.96. The molecule has 1 heteroatoms. The summed E-state index contributed by atoms with van der Waals surface area (Å²) in [6.07, 6.45) is 8.27.